The average Bonchev–Trinajstić information content (AvgIpc) is 3.02. The number of halogens is 2. The minimum absolute atomic E-state index is 0.491. The van der Waals surface area contributed by atoms with Crippen LogP contribution in [0.25, 0.3) is 0 Å². The topological polar surface area (TPSA) is 35.5 Å². The summed E-state index contributed by atoms with van der Waals surface area (Å²) in [5.41, 5.74) is 0.702. The van der Waals surface area contributed by atoms with Crippen molar-refractivity contribution in [2.24, 2.45) is 0 Å². The van der Waals surface area contributed by atoms with Crippen LogP contribution in [0.2, 0.25) is 10.0 Å². The summed E-state index contributed by atoms with van der Waals surface area (Å²) in [4.78, 5) is 2.55. The van der Waals surface area contributed by atoms with Crippen molar-refractivity contribution >= 4 is 23.2 Å². The molecule has 2 fully saturated rings. The third kappa shape index (κ3) is 2.97. The molecule has 2 saturated heterocycles. The summed E-state index contributed by atoms with van der Waals surface area (Å²) >= 11 is 12.1. The van der Waals surface area contributed by atoms with E-state index in [4.69, 9.17) is 23.2 Å². The lowest BCUT2D eigenvalue weighted by Gasteiger charge is -2.23. The molecule has 20 heavy (non-hydrogen) atoms. The van der Waals surface area contributed by atoms with Gasteiger partial charge in [-0.1, -0.05) is 23.2 Å². The molecule has 2 aliphatic rings. The van der Waals surface area contributed by atoms with Crippen molar-refractivity contribution in [2.75, 3.05) is 19.6 Å². The summed E-state index contributed by atoms with van der Waals surface area (Å²) in [5.74, 6) is 0. The highest BCUT2D eigenvalue weighted by molar-refractivity contribution is 6.33. The van der Waals surface area contributed by atoms with E-state index < -0.39 is 6.10 Å². The second-order valence-corrected chi connectivity index (χ2v) is 6.57. The highest BCUT2D eigenvalue weighted by Gasteiger charge is 2.36. The standard InChI is InChI=1S/C15H20Cl2N2O/c16-10-3-4-12(17)11(8-10)15(20)9-18-13-5-7-19-6-1-2-14(13)19/h3-4,8,13-15,18,20H,1-2,5-7,9H2. The Balaban J connectivity index is 1.59. The molecule has 3 rings (SSSR count). The van der Waals surface area contributed by atoms with E-state index in [1.807, 2.05) is 0 Å². The molecule has 1 aromatic rings. The predicted octanol–water partition coefficient (Wildman–Crippen LogP) is 2.85. The van der Waals surface area contributed by atoms with E-state index in [1.165, 1.54) is 32.4 Å². The number of fused-ring (bicyclic) bond motifs is 1. The summed E-state index contributed by atoms with van der Waals surface area (Å²) in [5, 5.41) is 15.0. The molecule has 0 bridgehead atoms. The highest BCUT2D eigenvalue weighted by atomic mass is 35.5. The number of hydrogen-bond acceptors (Lipinski definition) is 3. The first-order chi connectivity index (χ1) is 9.65. The van der Waals surface area contributed by atoms with Crippen molar-refractivity contribution in [1.82, 2.24) is 10.2 Å². The molecule has 0 saturated carbocycles. The van der Waals surface area contributed by atoms with Gasteiger partial charge in [-0.25, -0.2) is 0 Å². The molecule has 0 aromatic heterocycles. The molecule has 3 nitrogen and oxygen atoms in total. The lowest BCUT2D eigenvalue weighted by Crippen LogP contribution is -2.40. The fourth-order valence-corrected chi connectivity index (χ4v) is 3.89. The van der Waals surface area contributed by atoms with E-state index >= 15 is 0 Å². The monoisotopic (exact) mass is 314 g/mol. The Labute approximate surface area is 129 Å². The molecule has 0 radical (unpaired) electrons. The van der Waals surface area contributed by atoms with Gasteiger partial charge in [0.05, 0.1) is 6.10 Å². The zero-order valence-electron chi connectivity index (χ0n) is 11.4. The van der Waals surface area contributed by atoms with Gasteiger partial charge in [0, 0.05) is 40.8 Å². The molecule has 110 valence electrons. The van der Waals surface area contributed by atoms with Crippen LogP contribution in [0.4, 0.5) is 0 Å². The van der Waals surface area contributed by atoms with Crippen LogP contribution in [0, 0.1) is 0 Å². The lowest BCUT2D eigenvalue weighted by atomic mass is 10.1. The van der Waals surface area contributed by atoms with Gasteiger partial charge in [-0.05, 0) is 44.0 Å². The maximum atomic E-state index is 10.3. The van der Waals surface area contributed by atoms with Crippen LogP contribution in [0.15, 0.2) is 18.2 Å². The van der Waals surface area contributed by atoms with Crippen LogP contribution in [-0.4, -0.2) is 41.7 Å². The van der Waals surface area contributed by atoms with Gasteiger partial charge in [-0.3, -0.25) is 4.90 Å². The zero-order valence-corrected chi connectivity index (χ0v) is 12.9. The molecule has 1 aromatic carbocycles. The number of aliphatic hydroxyl groups excluding tert-OH is 1. The SMILES string of the molecule is OC(CNC1CCN2CCCC12)c1cc(Cl)ccc1Cl. The van der Waals surface area contributed by atoms with Gasteiger partial charge < -0.3 is 10.4 Å². The van der Waals surface area contributed by atoms with Crippen molar-refractivity contribution in [2.45, 2.75) is 37.5 Å². The molecule has 0 aliphatic carbocycles. The Bertz CT molecular complexity index is 483. The molecular weight excluding hydrogens is 295 g/mol. The van der Waals surface area contributed by atoms with Gasteiger partial charge in [0.15, 0.2) is 0 Å². The highest BCUT2D eigenvalue weighted by Crippen LogP contribution is 2.29. The summed E-state index contributed by atoms with van der Waals surface area (Å²) < 4.78 is 0. The van der Waals surface area contributed by atoms with Crippen molar-refractivity contribution in [3.05, 3.63) is 33.8 Å². The molecule has 2 heterocycles. The molecular formula is C15H20Cl2N2O. The number of nitrogens with zero attached hydrogens (tertiary/aromatic N) is 1. The number of aliphatic hydroxyl groups is 1. The molecule has 5 heteroatoms. The zero-order chi connectivity index (χ0) is 14.1. The fraction of sp³-hybridized carbons (Fsp3) is 0.600. The number of nitrogens with one attached hydrogen (secondary N) is 1. The Hall–Kier alpha value is -0.320. The third-order valence-electron chi connectivity index (χ3n) is 4.50. The van der Waals surface area contributed by atoms with Crippen LogP contribution in [-0.2, 0) is 0 Å². The minimum Gasteiger partial charge on any atom is -0.387 e. The summed E-state index contributed by atoms with van der Waals surface area (Å²) in [7, 11) is 0. The maximum absolute atomic E-state index is 10.3. The van der Waals surface area contributed by atoms with Crippen LogP contribution in [0.3, 0.4) is 0 Å². The number of hydrogen-bond donors (Lipinski definition) is 2. The summed E-state index contributed by atoms with van der Waals surface area (Å²) in [6.45, 7) is 2.93. The Morgan fingerprint density at radius 3 is 3.00 bits per heavy atom. The quantitative estimate of drug-likeness (QED) is 0.897. The van der Waals surface area contributed by atoms with Crippen LogP contribution in [0.1, 0.15) is 30.9 Å². The predicted molar refractivity (Wildman–Crippen MR) is 82.4 cm³/mol. The molecule has 2 aliphatic heterocycles. The lowest BCUT2D eigenvalue weighted by molar-refractivity contribution is 0.166. The van der Waals surface area contributed by atoms with Gasteiger partial charge >= 0.3 is 0 Å². The van der Waals surface area contributed by atoms with Gasteiger partial charge in [0.2, 0.25) is 0 Å². The Morgan fingerprint density at radius 1 is 1.30 bits per heavy atom. The van der Waals surface area contributed by atoms with Gasteiger partial charge in [0.1, 0.15) is 0 Å². The van der Waals surface area contributed by atoms with E-state index in [2.05, 4.69) is 10.2 Å². The van der Waals surface area contributed by atoms with E-state index in [0.717, 1.165) is 0 Å². The van der Waals surface area contributed by atoms with Crippen LogP contribution in [0.5, 0.6) is 0 Å². The van der Waals surface area contributed by atoms with E-state index in [9.17, 15) is 5.11 Å². The number of rotatable bonds is 4. The molecule has 0 spiro atoms. The molecule has 0 amide bonds. The van der Waals surface area contributed by atoms with Crippen molar-refractivity contribution < 1.29 is 5.11 Å². The van der Waals surface area contributed by atoms with E-state index in [0.29, 0.717) is 34.2 Å². The van der Waals surface area contributed by atoms with E-state index in [-0.39, 0.29) is 0 Å². The van der Waals surface area contributed by atoms with Crippen molar-refractivity contribution in [3.63, 3.8) is 0 Å². The minimum atomic E-state index is -0.614. The summed E-state index contributed by atoms with van der Waals surface area (Å²) in [6, 6.07) is 6.35. The normalized spacial score (nSPS) is 27.8. The van der Waals surface area contributed by atoms with E-state index in [1.54, 1.807) is 18.2 Å². The van der Waals surface area contributed by atoms with Crippen molar-refractivity contribution in [3.8, 4) is 0 Å². The van der Waals surface area contributed by atoms with Gasteiger partial charge in [0.25, 0.3) is 0 Å². The summed E-state index contributed by atoms with van der Waals surface area (Å²) in [6.07, 6.45) is 3.12. The third-order valence-corrected chi connectivity index (χ3v) is 5.08. The van der Waals surface area contributed by atoms with Gasteiger partial charge in [-0.2, -0.15) is 0 Å². The second kappa shape index (κ2) is 6.20. The Morgan fingerprint density at radius 2 is 2.15 bits per heavy atom. The maximum Gasteiger partial charge on any atom is 0.0929 e. The first-order valence-corrected chi connectivity index (χ1v) is 8.01. The first kappa shape index (κ1) is 14.6. The Kier molecular flexibility index (Phi) is 4.53. The average molecular weight is 315 g/mol. The molecule has 3 unspecified atom stereocenters. The van der Waals surface area contributed by atoms with Crippen LogP contribution < -0.4 is 5.32 Å². The number of benzene rings is 1. The second-order valence-electron chi connectivity index (χ2n) is 5.73. The smallest absolute Gasteiger partial charge is 0.0929 e. The first-order valence-electron chi connectivity index (χ1n) is 7.25. The fourth-order valence-electron chi connectivity index (χ4n) is 3.46. The van der Waals surface area contributed by atoms with Crippen LogP contribution >= 0.6 is 23.2 Å². The van der Waals surface area contributed by atoms with Crippen molar-refractivity contribution in [1.29, 1.82) is 0 Å². The molecule has 2 N–H and O–H groups in total. The molecule has 3 atom stereocenters. The largest absolute Gasteiger partial charge is 0.387 e. The van der Waals surface area contributed by atoms with Gasteiger partial charge in [-0.15, -0.1) is 0 Å².